The standard InChI is InChI=1S/C15H24N2O2/c1-10(2)15(4,9-16)17-14(18)12-7-6-11(3)13(8-12)19-5/h6-8,10H,9,16H2,1-5H3,(H,17,18). The average Bonchev–Trinajstić information content (AvgIpc) is 2.38. The molecular weight excluding hydrogens is 240 g/mol. The van der Waals surface area contributed by atoms with Crippen LogP contribution in [0.15, 0.2) is 18.2 Å². The van der Waals surface area contributed by atoms with Crippen LogP contribution in [0.25, 0.3) is 0 Å². The maximum absolute atomic E-state index is 12.3. The molecule has 0 saturated carbocycles. The molecule has 4 heteroatoms. The van der Waals surface area contributed by atoms with Crippen LogP contribution in [-0.4, -0.2) is 25.1 Å². The van der Waals surface area contributed by atoms with Gasteiger partial charge in [0.2, 0.25) is 0 Å². The van der Waals surface area contributed by atoms with Gasteiger partial charge in [-0.2, -0.15) is 0 Å². The number of aryl methyl sites for hydroxylation is 1. The van der Waals surface area contributed by atoms with Gasteiger partial charge in [-0.3, -0.25) is 4.79 Å². The largest absolute Gasteiger partial charge is 0.496 e. The third kappa shape index (κ3) is 3.47. The first-order valence-corrected chi connectivity index (χ1v) is 6.51. The highest BCUT2D eigenvalue weighted by molar-refractivity contribution is 5.95. The molecule has 19 heavy (non-hydrogen) atoms. The summed E-state index contributed by atoms with van der Waals surface area (Å²) < 4.78 is 5.24. The van der Waals surface area contributed by atoms with Gasteiger partial charge in [-0.15, -0.1) is 0 Å². The van der Waals surface area contributed by atoms with Crippen molar-refractivity contribution in [1.82, 2.24) is 5.32 Å². The summed E-state index contributed by atoms with van der Waals surface area (Å²) in [6.45, 7) is 8.39. The van der Waals surface area contributed by atoms with Crippen LogP contribution in [0.5, 0.6) is 5.75 Å². The fourth-order valence-corrected chi connectivity index (χ4v) is 1.72. The summed E-state index contributed by atoms with van der Waals surface area (Å²) in [7, 11) is 1.60. The van der Waals surface area contributed by atoms with Crippen molar-refractivity contribution in [3.8, 4) is 5.75 Å². The lowest BCUT2D eigenvalue weighted by Crippen LogP contribution is -2.55. The molecule has 1 amide bonds. The number of hydrogen-bond donors (Lipinski definition) is 2. The number of methoxy groups -OCH3 is 1. The van der Waals surface area contributed by atoms with Gasteiger partial charge < -0.3 is 15.8 Å². The summed E-state index contributed by atoms with van der Waals surface area (Å²) in [4.78, 5) is 12.3. The molecule has 0 spiro atoms. The molecule has 0 fully saturated rings. The first kappa shape index (κ1) is 15.5. The molecule has 0 radical (unpaired) electrons. The van der Waals surface area contributed by atoms with Gasteiger partial charge in [0.1, 0.15) is 5.75 Å². The van der Waals surface area contributed by atoms with Crippen molar-refractivity contribution >= 4 is 5.91 Å². The normalized spacial score (nSPS) is 14.1. The number of hydrogen-bond acceptors (Lipinski definition) is 3. The van der Waals surface area contributed by atoms with E-state index in [-0.39, 0.29) is 11.8 Å². The van der Waals surface area contributed by atoms with Crippen LogP contribution in [0.3, 0.4) is 0 Å². The fourth-order valence-electron chi connectivity index (χ4n) is 1.72. The molecule has 1 atom stereocenters. The lowest BCUT2D eigenvalue weighted by Gasteiger charge is -2.33. The third-order valence-corrected chi connectivity index (χ3v) is 3.77. The number of carbonyl (C=O) groups is 1. The number of benzene rings is 1. The second kappa shape index (κ2) is 6.06. The van der Waals surface area contributed by atoms with Crippen LogP contribution >= 0.6 is 0 Å². The predicted octanol–water partition coefficient (Wildman–Crippen LogP) is 2.11. The Hall–Kier alpha value is -1.55. The van der Waals surface area contributed by atoms with Gasteiger partial charge >= 0.3 is 0 Å². The second-order valence-corrected chi connectivity index (χ2v) is 5.41. The summed E-state index contributed by atoms with van der Waals surface area (Å²) in [6.07, 6.45) is 0. The Morgan fingerprint density at radius 2 is 2.11 bits per heavy atom. The molecule has 0 aliphatic heterocycles. The van der Waals surface area contributed by atoms with E-state index < -0.39 is 5.54 Å². The molecular formula is C15H24N2O2. The van der Waals surface area contributed by atoms with E-state index in [1.807, 2.05) is 33.8 Å². The molecule has 0 heterocycles. The van der Waals surface area contributed by atoms with Crippen LogP contribution in [0, 0.1) is 12.8 Å². The van der Waals surface area contributed by atoms with Gasteiger partial charge in [0.05, 0.1) is 12.6 Å². The van der Waals surface area contributed by atoms with Gasteiger partial charge in [0, 0.05) is 12.1 Å². The molecule has 3 N–H and O–H groups in total. The van der Waals surface area contributed by atoms with Crippen molar-refractivity contribution in [2.45, 2.75) is 33.2 Å². The minimum atomic E-state index is -0.408. The maximum atomic E-state index is 12.3. The smallest absolute Gasteiger partial charge is 0.251 e. The van der Waals surface area contributed by atoms with Crippen LogP contribution in [-0.2, 0) is 0 Å². The van der Waals surface area contributed by atoms with Crippen LogP contribution in [0.4, 0.5) is 0 Å². The highest BCUT2D eigenvalue weighted by Gasteiger charge is 2.29. The monoisotopic (exact) mass is 264 g/mol. The van der Waals surface area contributed by atoms with Crippen molar-refractivity contribution in [3.63, 3.8) is 0 Å². The van der Waals surface area contributed by atoms with E-state index in [0.29, 0.717) is 17.9 Å². The SMILES string of the molecule is COc1cc(C(=O)NC(C)(CN)C(C)C)ccc1C. The predicted molar refractivity (Wildman–Crippen MR) is 77.5 cm³/mol. The van der Waals surface area contributed by atoms with E-state index in [1.165, 1.54) is 0 Å². The zero-order chi connectivity index (χ0) is 14.6. The van der Waals surface area contributed by atoms with E-state index in [2.05, 4.69) is 5.32 Å². The molecule has 4 nitrogen and oxygen atoms in total. The summed E-state index contributed by atoms with van der Waals surface area (Å²) >= 11 is 0. The van der Waals surface area contributed by atoms with Gasteiger partial charge in [-0.05, 0) is 37.5 Å². The van der Waals surface area contributed by atoms with Gasteiger partial charge in [0.15, 0.2) is 0 Å². The van der Waals surface area contributed by atoms with Gasteiger partial charge in [-0.1, -0.05) is 19.9 Å². The topological polar surface area (TPSA) is 64.3 Å². The summed E-state index contributed by atoms with van der Waals surface area (Å²) in [6, 6.07) is 5.43. The number of rotatable bonds is 5. The fraction of sp³-hybridized carbons (Fsp3) is 0.533. The minimum Gasteiger partial charge on any atom is -0.496 e. The average molecular weight is 264 g/mol. The Bertz CT molecular complexity index is 457. The number of carbonyl (C=O) groups excluding carboxylic acids is 1. The molecule has 0 saturated heterocycles. The Morgan fingerprint density at radius 3 is 2.58 bits per heavy atom. The van der Waals surface area contributed by atoms with Crippen LogP contribution in [0.1, 0.15) is 36.7 Å². The number of nitrogens with one attached hydrogen (secondary N) is 1. The first-order valence-electron chi connectivity index (χ1n) is 6.51. The highest BCUT2D eigenvalue weighted by Crippen LogP contribution is 2.20. The Labute approximate surface area is 115 Å². The van der Waals surface area contributed by atoms with Crippen LogP contribution < -0.4 is 15.8 Å². The van der Waals surface area contributed by atoms with Crippen molar-refractivity contribution in [3.05, 3.63) is 29.3 Å². The van der Waals surface area contributed by atoms with Gasteiger partial charge in [0.25, 0.3) is 5.91 Å². The van der Waals surface area contributed by atoms with Crippen molar-refractivity contribution < 1.29 is 9.53 Å². The highest BCUT2D eigenvalue weighted by atomic mass is 16.5. The van der Waals surface area contributed by atoms with Gasteiger partial charge in [-0.25, -0.2) is 0 Å². The second-order valence-electron chi connectivity index (χ2n) is 5.41. The summed E-state index contributed by atoms with van der Waals surface area (Å²) in [5, 5.41) is 3.01. The van der Waals surface area contributed by atoms with Crippen molar-refractivity contribution in [1.29, 1.82) is 0 Å². The molecule has 0 aliphatic rings. The maximum Gasteiger partial charge on any atom is 0.251 e. The zero-order valence-electron chi connectivity index (χ0n) is 12.4. The van der Waals surface area contributed by atoms with Crippen molar-refractivity contribution in [2.24, 2.45) is 11.7 Å². The molecule has 0 aliphatic carbocycles. The summed E-state index contributed by atoms with van der Waals surface area (Å²) in [5.41, 5.74) is 6.96. The van der Waals surface area contributed by atoms with E-state index in [9.17, 15) is 4.79 Å². The third-order valence-electron chi connectivity index (χ3n) is 3.77. The van der Waals surface area contributed by atoms with E-state index in [4.69, 9.17) is 10.5 Å². The lowest BCUT2D eigenvalue weighted by molar-refractivity contribution is 0.0883. The quantitative estimate of drug-likeness (QED) is 0.856. The molecule has 0 bridgehead atoms. The number of ether oxygens (including phenoxy) is 1. The molecule has 106 valence electrons. The molecule has 0 aromatic heterocycles. The number of nitrogens with two attached hydrogens (primary N) is 1. The van der Waals surface area contributed by atoms with Crippen LogP contribution in [0.2, 0.25) is 0 Å². The zero-order valence-corrected chi connectivity index (χ0v) is 12.4. The Balaban J connectivity index is 2.95. The Kier molecular flexibility index (Phi) is 4.95. The first-order chi connectivity index (χ1) is 8.84. The minimum absolute atomic E-state index is 0.125. The van der Waals surface area contributed by atoms with E-state index in [0.717, 1.165) is 5.56 Å². The molecule has 1 aromatic carbocycles. The molecule has 1 rings (SSSR count). The Morgan fingerprint density at radius 1 is 1.47 bits per heavy atom. The lowest BCUT2D eigenvalue weighted by atomic mass is 9.88. The van der Waals surface area contributed by atoms with E-state index in [1.54, 1.807) is 19.2 Å². The van der Waals surface area contributed by atoms with E-state index >= 15 is 0 Å². The molecule has 1 aromatic rings. The molecule has 1 unspecified atom stereocenters. The summed E-state index contributed by atoms with van der Waals surface area (Å²) in [5.74, 6) is 0.848. The number of amides is 1. The van der Waals surface area contributed by atoms with Crippen molar-refractivity contribution in [2.75, 3.05) is 13.7 Å².